The summed E-state index contributed by atoms with van der Waals surface area (Å²) in [5, 5.41) is 14.3. The quantitative estimate of drug-likeness (QED) is 0.0577. The molecule has 0 radical (unpaired) electrons. The van der Waals surface area contributed by atoms with E-state index in [4.69, 9.17) is 44.3 Å². The summed E-state index contributed by atoms with van der Waals surface area (Å²) in [6.07, 6.45) is 0.763. The minimum atomic E-state index is -1.88. The third-order valence-corrected chi connectivity index (χ3v) is 11.9. The van der Waals surface area contributed by atoms with Crippen LogP contribution in [0.5, 0.6) is 5.75 Å². The number of β-lactam (4-membered cyclic amide) rings is 1. The molecule has 0 bridgehead atoms. The van der Waals surface area contributed by atoms with Gasteiger partial charge < -0.3 is 30.1 Å². The number of alkyl carbamates (subject to hydrolysis) is 1. The van der Waals surface area contributed by atoms with E-state index in [1.807, 2.05) is 24.3 Å². The average Bonchev–Trinajstić information content (AvgIpc) is 3.80. The van der Waals surface area contributed by atoms with Gasteiger partial charge in [-0.1, -0.05) is 76.4 Å². The number of alkyl halides is 3. The minimum Gasteiger partial charge on any atom is -0.508 e. The van der Waals surface area contributed by atoms with Gasteiger partial charge in [-0.2, -0.15) is 0 Å². The van der Waals surface area contributed by atoms with Crippen LogP contribution in [-0.4, -0.2) is 72.8 Å². The molecule has 0 spiro atoms. The van der Waals surface area contributed by atoms with Gasteiger partial charge in [0.15, 0.2) is 10.4 Å². The molecule has 1 saturated heterocycles. The number of hydrogen-bond acceptors (Lipinski definition) is 11. The molecule has 256 valence electrons. The Labute approximate surface area is 303 Å². The van der Waals surface area contributed by atoms with Crippen LogP contribution in [0.3, 0.4) is 0 Å². The number of fused-ring (bicyclic) bond motifs is 1. The Morgan fingerprint density at radius 3 is 2.48 bits per heavy atom. The second-order valence-corrected chi connectivity index (χ2v) is 17.4. The van der Waals surface area contributed by atoms with E-state index in [-0.39, 0.29) is 23.3 Å². The van der Waals surface area contributed by atoms with Crippen molar-refractivity contribution in [2.24, 2.45) is 5.92 Å². The van der Waals surface area contributed by atoms with Crippen LogP contribution in [0, 0.1) is 5.92 Å². The molecule has 17 heteroatoms. The van der Waals surface area contributed by atoms with Crippen LogP contribution in [0.15, 0.2) is 65.0 Å². The lowest BCUT2D eigenvalue weighted by Gasteiger charge is -2.49. The van der Waals surface area contributed by atoms with Gasteiger partial charge in [-0.25, -0.2) is 14.6 Å². The van der Waals surface area contributed by atoms with E-state index < -0.39 is 57.8 Å². The second kappa shape index (κ2) is 15.3. The molecule has 2 heterocycles. The molecule has 1 aliphatic carbocycles. The highest BCUT2D eigenvalue weighted by Crippen LogP contribution is 2.45. The maximum Gasteiger partial charge on any atom is 0.408 e. The first-order chi connectivity index (χ1) is 22.7. The molecule has 3 aromatic rings. The SMILES string of the molecule is C=C(C)C(C(=O)OCC(Cl)(Cl)Cl)N1C(=O)C(NC(=O)C(NC(=O)OC(C)C2CC2)c2ccc(O)cc2)C1SSc1nc2ccccc2s1. The number of ether oxygens (including phenoxy) is 2. The Balaban J connectivity index is 1.38. The Kier molecular flexibility index (Phi) is 11.6. The number of aromatic hydroxyl groups is 1. The van der Waals surface area contributed by atoms with Crippen molar-refractivity contribution in [3.63, 3.8) is 0 Å². The second-order valence-electron chi connectivity index (χ2n) is 11.3. The molecule has 1 aliphatic heterocycles. The highest BCUT2D eigenvalue weighted by atomic mass is 35.6. The molecule has 11 nitrogen and oxygen atoms in total. The summed E-state index contributed by atoms with van der Waals surface area (Å²) in [6, 6.07) is 9.65. The maximum atomic E-state index is 13.8. The third-order valence-electron chi connectivity index (χ3n) is 7.55. The van der Waals surface area contributed by atoms with Gasteiger partial charge in [-0.15, -0.1) is 11.3 Å². The first-order valence-corrected chi connectivity index (χ1v) is 18.8. The van der Waals surface area contributed by atoms with Gasteiger partial charge in [0.2, 0.25) is 15.6 Å². The Morgan fingerprint density at radius 1 is 1.17 bits per heavy atom. The summed E-state index contributed by atoms with van der Waals surface area (Å²) in [7, 11) is 2.48. The Morgan fingerprint density at radius 2 is 1.85 bits per heavy atom. The van der Waals surface area contributed by atoms with Crippen molar-refractivity contribution in [1.82, 2.24) is 20.5 Å². The van der Waals surface area contributed by atoms with Gasteiger partial charge >= 0.3 is 12.1 Å². The number of para-hydroxylation sites is 1. The lowest BCUT2D eigenvalue weighted by atomic mass is 9.98. The normalized spacial score (nSPS) is 19.5. The summed E-state index contributed by atoms with van der Waals surface area (Å²) in [4.78, 5) is 59.6. The fourth-order valence-corrected chi connectivity index (χ4v) is 9.07. The number of nitrogens with one attached hydrogen (secondary N) is 2. The van der Waals surface area contributed by atoms with Crippen molar-refractivity contribution < 1.29 is 33.8 Å². The van der Waals surface area contributed by atoms with Crippen molar-refractivity contribution in [2.45, 2.75) is 64.4 Å². The fraction of sp³-hybridized carbons (Fsp3) is 0.387. The molecule has 2 fully saturated rings. The molecule has 5 rings (SSSR count). The van der Waals surface area contributed by atoms with Gasteiger partial charge in [0.25, 0.3) is 0 Å². The Hall–Kier alpha value is -2.88. The highest BCUT2D eigenvalue weighted by Gasteiger charge is 2.55. The molecule has 2 aliphatic rings. The van der Waals surface area contributed by atoms with Crippen LogP contribution < -0.4 is 10.6 Å². The average molecular weight is 774 g/mol. The van der Waals surface area contributed by atoms with Crippen molar-refractivity contribution in [2.75, 3.05) is 6.61 Å². The number of phenolic OH excluding ortho intramolecular Hbond substituents is 1. The van der Waals surface area contributed by atoms with Gasteiger partial charge in [0.1, 0.15) is 35.9 Å². The van der Waals surface area contributed by atoms with Crippen molar-refractivity contribution in [3.8, 4) is 5.75 Å². The first-order valence-electron chi connectivity index (χ1n) is 14.7. The number of carbonyl (C=O) groups excluding carboxylic acids is 4. The number of aromatic nitrogens is 1. The van der Waals surface area contributed by atoms with Gasteiger partial charge in [0, 0.05) is 0 Å². The lowest BCUT2D eigenvalue weighted by Crippen LogP contribution is -2.73. The zero-order chi connectivity index (χ0) is 34.7. The highest BCUT2D eigenvalue weighted by molar-refractivity contribution is 8.77. The molecule has 1 saturated carbocycles. The zero-order valence-corrected chi connectivity index (χ0v) is 30.3. The van der Waals surface area contributed by atoms with Crippen LogP contribution in [0.1, 0.15) is 38.3 Å². The number of halogens is 3. The molecule has 5 unspecified atom stereocenters. The molecule has 3 amide bonds. The van der Waals surface area contributed by atoms with Crippen LogP contribution in [0.4, 0.5) is 4.79 Å². The van der Waals surface area contributed by atoms with E-state index >= 15 is 0 Å². The number of rotatable bonds is 13. The van der Waals surface area contributed by atoms with Gasteiger partial charge in [0.05, 0.1) is 10.2 Å². The van der Waals surface area contributed by atoms with E-state index in [0.29, 0.717) is 9.90 Å². The number of esters is 1. The zero-order valence-electron chi connectivity index (χ0n) is 25.6. The lowest BCUT2D eigenvalue weighted by molar-refractivity contribution is -0.163. The van der Waals surface area contributed by atoms with Crippen LogP contribution in [0.25, 0.3) is 10.2 Å². The van der Waals surface area contributed by atoms with E-state index in [0.717, 1.165) is 23.1 Å². The topological polar surface area (TPSA) is 147 Å². The summed E-state index contributed by atoms with van der Waals surface area (Å²) < 4.78 is 10.5. The molecule has 3 N–H and O–H groups in total. The molecule has 1 aromatic heterocycles. The number of likely N-dealkylation sites (tertiary alicyclic amines) is 1. The summed E-state index contributed by atoms with van der Waals surface area (Å²) in [5.74, 6) is -1.94. The van der Waals surface area contributed by atoms with Gasteiger partial charge in [-0.05, 0) is 78.8 Å². The largest absolute Gasteiger partial charge is 0.508 e. The molecule has 2 aromatic carbocycles. The van der Waals surface area contributed by atoms with Crippen molar-refractivity contribution in [3.05, 3.63) is 66.2 Å². The standard InChI is InChI=1S/C31H31Cl3N4O7S3/c1-15(2)24(28(42)44-14-31(32,33)34)38-26(41)23(27(38)47-48-30-35-20-6-4-5-7-21(20)46-30)36-25(40)22(18-10-12-19(39)13-11-18)37-29(43)45-16(3)17-8-9-17/h4-7,10-13,16-17,22-24,27,39H,1,8-9,14H2,2-3H3,(H,36,40)(H,37,43). The van der Waals surface area contributed by atoms with E-state index in [9.17, 15) is 24.3 Å². The number of benzene rings is 2. The minimum absolute atomic E-state index is 0.0385. The van der Waals surface area contributed by atoms with Crippen LogP contribution in [0.2, 0.25) is 0 Å². The third kappa shape index (κ3) is 9.01. The number of phenols is 1. The van der Waals surface area contributed by atoms with Crippen molar-refractivity contribution in [1.29, 1.82) is 0 Å². The molecule has 5 atom stereocenters. The smallest absolute Gasteiger partial charge is 0.408 e. The number of nitrogens with zero attached hydrogens (tertiary/aromatic N) is 2. The summed E-state index contributed by atoms with van der Waals surface area (Å²) in [5.41, 5.74) is 1.43. The predicted molar refractivity (Wildman–Crippen MR) is 188 cm³/mol. The number of hydrogen-bond donors (Lipinski definition) is 3. The fourth-order valence-electron chi connectivity index (χ4n) is 4.94. The van der Waals surface area contributed by atoms with E-state index in [1.54, 1.807) is 13.8 Å². The first kappa shape index (κ1) is 36.4. The number of carbonyl (C=O) groups is 4. The van der Waals surface area contributed by atoms with Crippen molar-refractivity contribution >= 4 is 102 Å². The predicted octanol–water partition coefficient (Wildman–Crippen LogP) is 6.52. The number of thiazole rings is 1. The monoisotopic (exact) mass is 772 g/mol. The molecular weight excluding hydrogens is 743 g/mol. The summed E-state index contributed by atoms with van der Waals surface area (Å²) >= 11 is 18.8. The van der Waals surface area contributed by atoms with Gasteiger partial charge in [-0.3, -0.25) is 9.59 Å². The molecular formula is C31H31Cl3N4O7S3. The van der Waals surface area contributed by atoms with Crippen LogP contribution >= 0.6 is 67.7 Å². The van der Waals surface area contributed by atoms with E-state index in [1.165, 1.54) is 62.1 Å². The number of amides is 3. The Bertz CT molecular complexity index is 1670. The summed E-state index contributed by atoms with van der Waals surface area (Å²) in [6.45, 7) is 6.67. The molecule has 48 heavy (non-hydrogen) atoms. The van der Waals surface area contributed by atoms with Crippen LogP contribution in [-0.2, 0) is 23.9 Å². The van der Waals surface area contributed by atoms with E-state index in [2.05, 4.69) is 22.2 Å². The maximum absolute atomic E-state index is 13.8.